The lowest BCUT2D eigenvalue weighted by atomic mass is 10.1. The van der Waals surface area contributed by atoms with Gasteiger partial charge in [0.25, 0.3) is 5.91 Å². The van der Waals surface area contributed by atoms with Crippen LogP contribution < -0.4 is 5.32 Å². The summed E-state index contributed by atoms with van der Waals surface area (Å²) in [6.45, 7) is 5.74. The molecular weight excluding hydrogens is 291 g/mol. The van der Waals surface area contributed by atoms with Gasteiger partial charge in [-0.2, -0.15) is 0 Å². The van der Waals surface area contributed by atoms with Crippen LogP contribution in [0.15, 0.2) is 42.5 Å². The molecule has 1 aromatic heterocycles. The van der Waals surface area contributed by atoms with Gasteiger partial charge >= 0.3 is 0 Å². The first-order valence-electron chi connectivity index (χ1n) is 7.39. The number of halogens is 1. The molecule has 1 heterocycles. The van der Waals surface area contributed by atoms with Gasteiger partial charge < -0.3 is 5.32 Å². The van der Waals surface area contributed by atoms with Crippen LogP contribution in [0.2, 0.25) is 0 Å². The number of fused-ring (bicyclic) bond motifs is 1. The van der Waals surface area contributed by atoms with Crippen molar-refractivity contribution < 1.29 is 9.18 Å². The minimum atomic E-state index is -0.344. The number of pyridine rings is 1. The van der Waals surface area contributed by atoms with Crippen molar-refractivity contribution in [3.05, 3.63) is 70.7 Å². The van der Waals surface area contributed by atoms with Crippen molar-refractivity contribution >= 4 is 22.5 Å². The van der Waals surface area contributed by atoms with E-state index < -0.39 is 0 Å². The molecule has 3 aromatic rings. The van der Waals surface area contributed by atoms with Gasteiger partial charge in [0.15, 0.2) is 0 Å². The maximum atomic E-state index is 13.4. The van der Waals surface area contributed by atoms with Crippen LogP contribution in [-0.2, 0) is 0 Å². The van der Waals surface area contributed by atoms with Crippen LogP contribution in [0.1, 0.15) is 27.2 Å². The fourth-order valence-corrected chi connectivity index (χ4v) is 2.72. The van der Waals surface area contributed by atoms with E-state index in [1.165, 1.54) is 12.1 Å². The highest BCUT2D eigenvalue weighted by molar-refractivity contribution is 6.06. The van der Waals surface area contributed by atoms with Crippen molar-refractivity contribution in [2.75, 3.05) is 5.32 Å². The molecule has 3 rings (SSSR count). The third-order valence-corrected chi connectivity index (χ3v) is 3.69. The predicted octanol–water partition coefficient (Wildman–Crippen LogP) is 4.55. The van der Waals surface area contributed by atoms with E-state index in [1.54, 1.807) is 19.1 Å². The van der Waals surface area contributed by atoms with Crippen molar-refractivity contribution in [2.45, 2.75) is 20.8 Å². The summed E-state index contributed by atoms with van der Waals surface area (Å²) in [5, 5.41) is 3.50. The lowest BCUT2D eigenvalue weighted by Gasteiger charge is -2.10. The number of benzene rings is 2. The zero-order valence-electron chi connectivity index (χ0n) is 13.3. The average molecular weight is 308 g/mol. The lowest BCUT2D eigenvalue weighted by molar-refractivity contribution is 0.102. The molecule has 0 radical (unpaired) electrons. The minimum Gasteiger partial charge on any atom is -0.322 e. The average Bonchev–Trinajstić information content (AvgIpc) is 2.45. The smallest absolute Gasteiger partial charge is 0.257 e. The molecule has 0 bridgehead atoms. The topological polar surface area (TPSA) is 42.0 Å². The number of carbonyl (C=O) groups excluding carboxylic acids is 1. The molecule has 0 saturated carbocycles. The van der Waals surface area contributed by atoms with Gasteiger partial charge in [0.2, 0.25) is 0 Å². The Morgan fingerprint density at radius 3 is 2.39 bits per heavy atom. The van der Waals surface area contributed by atoms with Crippen molar-refractivity contribution in [1.82, 2.24) is 4.98 Å². The van der Waals surface area contributed by atoms with Gasteiger partial charge in [-0.05, 0) is 68.3 Å². The number of aromatic nitrogens is 1. The molecule has 116 valence electrons. The Morgan fingerprint density at radius 2 is 1.70 bits per heavy atom. The van der Waals surface area contributed by atoms with E-state index in [-0.39, 0.29) is 11.7 Å². The van der Waals surface area contributed by atoms with E-state index in [0.29, 0.717) is 22.2 Å². The second-order valence-corrected chi connectivity index (χ2v) is 5.79. The molecule has 23 heavy (non-hydrogen) atoms. The Kier molecular flexibility index (Phi) is 3.82. The van der Waals surface area contributed by atoms with Crippen LogP contribution in [0.25, 0.3) is 10.9 Å². The summed E-state index contributed by atoms with van der Waals surface area (Å²) in [7, 11) is 0. The summed E-state index contributed by atoms with van der Waals surface area (Å²) in [4.78, 5) is 16.9. The number of rotatable bonds is 2. The first kappa shape index (κ1) is 15.2. The summed E-state index contributed by atoms with van der Waals surface area (Å²) in [6.07, 6.45) is 0. The standard InChI is InChI=1S/C19H17FN2O/c1-11-6-12(2)8-16(7-11)22-19(23)17-10-14-9-15(20)4-5-18(14)21-13(17)3/h4-10H,1-3H3,(H,22,23). The Hall–Kier alpha value is -2.75. The third kappa shape index (κ3) is 3.21. The summed E-state index contributed by atoms with van der Waals surface area (Å²) < 4.78 is 13.4. The van der Waals surface area contributed by atoms with Gasteiger partial charge in [-0.3, -0.25) is 9.78 Å². The van der Waals surface area contributed by atoms with Crippen LogP contribution in [0.5, 0.6) is 0 Å². The van der Waals surface area contributed by atoms with Gasteiger partial charge in [-0.25, -0.2) is 4.39 Å². The number of hydrogen-bond acceptors (Lipinski definition) is 2. The summed E-state index contributed by atoms with van der Waals surface area (Å²) in [6, 6.07) is 11.9. The quantitative estimate of drug-likeness (QED) is 0.754. The SMILES string of the molecule is Cc1cc(C)cc(NC(=O)c2cc3cc(F)ccc3nc2C)c1. The summed E-state index contributed by atoms with van der Waals surface area (Å²) in [5.41, 5.74) is 4.64. The van der Waals surface area contributed by atoms with Crippen LogP contribution in [0, 0.1) is 26.6 Å². The predicted molar refractivity (Wildman–Crippen MR) is 90.3 cm³/mol. The molecule has 0 aliphatic rings. The zero-order valence-corrected chi connectivity index (χ0v) is 13.3. The van der Waals surface area contributed by atoms with Gasteiger partial charge in [0.05, 0.1) is 16.8 Å². The Labute approximate surface area is 134 Å². The number of carbonyl (C=O) groups is 1. The highest BCUT2D eigenvalue weighted by atomic mass is 19.1. The van der Waals surface area contributed by atoms with Crippen LogP contribution in [0.4, 0.5) is 10.1 Å². The first-order chi connectivity index (χ1) is 10.9. The van der Waals surface area contributed by atoms with Gasteiger partial charge in [-0.15, -0.1) is 0 Å². The fourth-order valence-electron chi connectivity index (χ4n) is 2.72. The Morgan fingerprint density at radius 1 is 1.00 bits per heavy atom. The van der Waals surface area contributed by atoms with E-state index in [0.717, 1.165) is 16.8 Å². The summed E-state index contributed by atoms with van der Waals surface area (Å²) in [5.74, 6) is -0.588. The lowest BCUT2D eigenvalue weighted by Crippen LogP contribution is -2.14. The highest BCUT2D eigenvalue weighted by Gasteiger charge is 2.12. The number of aryl methyl sites for hydroxylation is 3. The second kappa shape index (κ2) is 5.80. The fraction of sp³-hybridized carbons (Fsp3) is 0.158. The maximum absolute atomic E-state index is 13.4. The third-order valence-electron chi connectivity index (χ3n) is 3.69. The van der Waals surface area contributed by atoms with Crippen LogP contribution >= 0.6 is 0 Å². The Bertz CT molecular complexity index is 898. The van der Waals surface area contributed by atoms with E-state index in [1.807, 2.05) is 32.0 Å². The molecule has 0 atom stereocenters. The number of nitrogens with zero attached hydrogens (tertiary/aromatic N) is 1. The second-order valence-electron chi connectivity index (χ2n) is 5.79. The van der Waals surface area contributed by atoms with Gasteiger partial charge in [0, 0.05) is 11.1 Å². The van der Waals surface area contributed by atoms with E-state index in [9.17, 15) is 9.18 Å². The first-order valence-corrected chi connectivity index (χ1v) is 7.39. The van der Waals surface area contributed by atoms with E-state index in [2.05, 4.69) is 10.3 Å². The molecule has 4 heteroatoms. The molecule has 0 fully saturated rings. The number of hydrogen-bond donors (Lipinski definition) is 1. The maximum Gasteiger partial charge on any atom is 0.257 e. The molecule has 0 unspecified atom stereocenters. The van der Waals surface area contributed by atoms with Crippen molar-refractivity contribution in [2.24, 2.45) is 0 Å². The minimum absolute atomic E-state index is 0.244. The molecule has 3 nitrogen and oxygen atoms in total. The highest BCUT2D eigenvalue weighted by Crippen LogP contribution is 2.20. The number of amides is 1. The molecule has 1 N–H and O–H groups in total. The number of anilines is 1. The summed E-state index contributed by atoms with van der Waals surface area (Å²) >= 11 is 0. The molecule has 0 aliphatic heterocycles. The Balaban J connectivity index is 1.98. The molecule has 0 aliphatic carbocycles. The zero-order chi connectivity index (χ0) is 16.6. The molecule has 0 saturated heterocycles. The van der Waals surface area contributed by atoms with Crippen LogP contribution in [0.3, 0.4) is 0 Å². The largest absolute Gasteiger partial charge is 0.322 e. The van der Waals surface area contributed by atoms with Crippen molar-refractivity contribution in [3.8, 4) is 0 Å². The number of nitrogens with one attached hydrogen (secondary N) is 1. The van der Waals surface area contributed by atoms with Crippen molar-refractivity contribution in [3.63, 3.8) is 0 Å². The molecular formula is C19H17FN2O. The van der Waals surface area contributed by atoms with Crippen LogP contribution in [-0.4, -0.2) is 10.9 Å². The monoisotopic (exact) mass is 308 g/mol. The van der Waals surface area contributed by atoms with Gasteiger partial charge in [-0.1, -0.05) is 6.07 Å². The normalized spacial score (nSPS) is 10.8. The van der Waals surface area contributed by atoms with E-state index in [4.69, 9.17) is 0 Å². The molecule has 2 aromatic carbocycles. The molecule has 0 spiro atoms. The van der Waals surface area contributed by atoms with Crippen molar-refractivity contribution in [1.29, 1.82) is 0 Å². The molecule has 1 amide bonds. The van der Waals surface area contributed by atoms with E-state index >= 15 is 0 Å². The van der Waals surface area contributed by atoms with Gasteiger partial charge in [0.1, 0.15) is 5.82 Å².